The SMILES string of the molecule is CCCCN1c2nc(CO)n(CC)c2C(=O)NC1O. The zero-order valence-corrected chi connectivity index (χ0v) is 11.3. The fourth-order valence-corrected chi connectivity index (χ4v) is 2.31. The molecule has 0 aromatic carbocycles. The summed E-state index contributed by atoms with van der Waals surface area (Å²) in [7, 11) is 0. The van der Waals surface area contributed by atoms with Crippen molar-refractivity contribution < 1.29 is 15.0 Å². The average molecular weight is 268 g/mol. The smallest absolute Gasteiger partial charge is 0.275 e. The second kappa shape index (κ2) is 5.58. The van der Waals surface area contributed by atoms with Gasteiger partial charge in [-0.25, -0.2) is 4.98 Å². The number of nitrogens with zero attached hydrogens (tertiary/aromatic N) is 3. The highest BCUT2D eigenvalue weighted by molar-refractivity contribution is 5.99. The molecule has 3 N–H and O–H groups in total. The normalized spacial score (nSPS) is 18.4. The molecular weight excluding hydrogens is 248 g/mol. The summed E-state index contributed by atoms with van der Waals surface area (Å²) in [6.45, 7) is 4.86. The molecule has 0 fully saturated rings. The number of aromatic nitrogens is 2. The van der Waals surface area contributed by atoms with E-state index in [1.807, 2.05) is 6.92 Å². The van der Waals surface area contributed by atoms with Crippen LogP contribution in [-0.2, 0) is 13.2 Å². The van der Waals surface area contributed by atoms with E-state index < -0.39 is 6.35 Å². The molecule has 106 valence electrons. The summed E-state index contributed by atoms with van der Waals surface area (Å²) >= 11 is 0. The van der Waals surface area contributed by atoms with Crippen LogP contribution in [-0.4, -0.2) is 38.6 Å². The number of carbonyl (C=O) groups is 1. The van der Waals surface area contributed by atoms with E-state index in [2.05, 4.69) is 17.2 Å². The van der Waals surface area contributed by atoms with Crippen molar-refractivity contribution >= 4 is 11.7 Å². The topological polar surface area (TPSA) is 90.6 Å². The lowest BCUT2D eigenvalue weighted by molar-refractivity contribution is 0.0731. The summed E-state index contributed by atoms with van der Waals surface area (Å²) in [6, 6.07) is 0. The first-order valence-corrected chi connectivity index (χ1v) is 6.59. The minimum atomic E-state index is -1.06. The molecule has 2 rings (SSSR count). The number of amides is 1. The molecule has 1 aromatic rings. The van der Waals surface area contributed by atoms with Crippen LogP contribution >= 0.6 is 0 Å². The summed E-state index contributed by atoms with van der Waals surface area (Å²) in [6.07, 6.45) is 0.812. The monoisotopic (exact) mass is 268 g/mol. The third kappa shape index (κ3) is 2.31. The van der Waals surface area contributed by atoms with Crippen molar-refractivity contribution in [3.05, 3.63) is 11.5 Å². The molecule has 0 bridgehead atoms. The van der Waals surface area contributed by atoms with Gasteiger partial charge in [-0.05, 0) is 13.3 Å². The number of rotatable bonds is 5. The van der Waals surface area contributed by atoms with Gasteiger partial charge >= 0.3 is 0 Å². The van der Waals surface area contributed by atoms with Gasteiger partial charge in [0.2, 0.25) is 6.35 Å². The average Bonchev–Trinajstić information content (AvgIpc) is 2.77. The number of hydrogen-bond acceptors (Lipinski definition) is 5. The molecule has 0 aliphatic carbocycles. The fraction of sp³-hybridized carbons (Fsp3) is 0.667. The number of aliphatic hydroxyl groups is 2. The number of aliphatic hydroxyl groups excluding tert-OH is 2. The molecule has 1 unspecified atom stereocenters. The van der Waals surface area contributed by atoms with E-state index in [-0.39, 0.29) is 12.5 Å². The number of imidazole rings is 1. The molecule has 7 nitrogen and oxygen atoms in total. The zero-order chi connectivity index (χ0) is 14.0. The van der Waals surface area contributed by atoms with Gasteiger partial charge < -0.3 is 25.0 Å². The largest absolute Gasteiger partial charge is 0.388 e. The first kappa shape index (κ1) is 13.8. The molecule has 0 saturated carbocycles. The van der Waals surface area contributed by atoms with Gasteiger partial charge in [0.1, 0.15) is 12.4 Å². The summed E-state index contributed by atoms with van der Waals surface area (Å²) in [5, 5.41) is 21.8. The standard InChI is InChI=1S/C12H20N4O3/c1-3-5-6-16-10-9(11(18)14-12(16)19)15(4-2)8(7-17)13-10/h12,17,19H,3-7H2,1-2H3,(H,14,18). The number of unbranched alkanes of at least 4 members (excludes halogenated alkanes) is 1. The number of nitrogens with one attached hydrogen (secondary N) is 1. The van der Waals surface area contributed by atoms with Crippen LogP contribution in [0.3, 0.4) is 0 Å². The predicted octanol–water partition coefficient (Wildman–Crippen LogP) is 0.0211. The summed E-state index contributed by atoms with van der Waals surface area (Å²) in [5.41, 5.74) is 0.410. The Balaban J connectivity index is 2.45. The molecule has 1 atom stereocenters. The molecule has 0 saturated heterocycles. The summed E-state index contributed by atoms with van der Waals surface area (Å²) in [5.74, 6) is 0.540. The Morgan fingerprint density at radius 2 is 2.16 bits per heavy atom. The highest BCUT2D eigenvalue weighted by Gasteiger charge is 2.34. The minimum Gasteiger partial charge on any atom is -0.388 e. The zero-order valence-electron chi connectivity index (χ0n) is 11.3. The maximum Gasteiger partial charge on any atom is 0.275 e. The van der Waals surface area contributed by atoms with Crippen LogP contribution in [0.2, 0.25) is 0 Å². The lowest BCUT2D eigenvalue weighted by Crippen LogP contribution is -2.53. The maximum absolute atomic E-state index is 12.0. The Bertz CT molecular complexity index is 472. The number of carbonyl (C=O) groups excluding carboxylic acids is 1. The van der Waals surface area contributed by atoms with Crippen molar-refractivity contribution in [2.75, 3.05) is 11.4 Å². The van der Waals surface area contributed by atoms with Crippen molar-refractivity contribution in [3.8, 4) is 0 Å². The number of fused-ring (bicyclic) bond motifs is 1. The predicted molar refractivity (Wildman–Crippen MR) is 69.6 cm³/mol. The van der Waals surface area contributed by atoms with Crippen LogP contribution in [0.25, 0.3) is 0 Å². The summed E-state index contributed by atoms with van der Waals surface area (Å²) in [4.78, 5) is 17.9. The van der Waals surface area contributed by atoms with Crippen LogP contribution in [0, 0.1) is 0 Å². The first-order valence-electron chi connectivity index (χ1n) is 6.59. The second-order valence-electron chi connectivity index (χ2n) is 4.50. The molecule has 2 heterocycles. The Morgan fingerprint density at radius 1 is 1.42 bits per heavy atom. The quantitative estimate of drug-likeness (QED) is 0.700. The van der Waals surface area contributed by atoms with Gasteiger partial charge in [0.15, 0.2) is 11.5 Å². The highest BCUT2D eigenvalue weighted by Crippen LogP contribution is 2.26. The lowest BCUT2D eigenvalue weighted by atomic mass is 10.2. The van der Waals surface area contributed by atoms with Crippen LogP contribution in [0.15, 0.2) is 0 Å². The molecule has 0 radical (unpaired) electrons. The van der Waals surface area contributed by atoms with Gasteiger partial charge in [-0.2, -0.15) is 0 Å². The summed E-state index contributed by atoms with van der Waals surface area (Å²) < 4.78 is 1.68. The number of anilines is 1. The lowest BCUT2D eigenvalue weighted by Gasteiger charge is -2.33. The Hall–Kier alpha value is -1.60. The fourth-order valence-electron chi connectivity index (χ4n) is 2.31. The molecule has 1 aromatic heterocycles. The van der Waals surface area contributed by atoms with E-state index in [1.54, 1.807) is 9.47 Å². The van der Waals surface area contributed by atoms with Crippen molar-refractivity contribution in [3.63, 3.8) is 0 Å². The minimum absolute atomic E-state index is 0.230. The van der Waals surface area contributed by atoms with Crippen LogP contribution in [0.4, 0.5) is 5.82 Å². The molecule has 1 aliphatic rings. The van der Waals surface area contributed by atoms with E-state index in [1.165, 1.54) is 0 Å². The van der Waals surface area contributed by atoms with Crippen molar-refractivity contribution in [2.24, 2.45) is 0 Å². The van der Waals surface area contributed by atoms with Crippen molar-refractivity contribution in [1.82, 2.24) is 14.9 Å². The molecule has 7 heteroatoms. The van der Waals surface area contributed by atoms with Gasteiger partial charge in [0.25, 0.3) is 5.91 Å². The Kier molecular flexibility index (Phi) is 4.06. The van der Waals surface area contributed by atoms with Crippen LogP contribution in [0.5, 0.6) is 0 Å². The second-order valence-corrected chi connectivity index (χ2v) is 4.50. The van der Waals surface area contributed by atoms with Gasteiger partial charge in [-0.15, -0.1) is 0 Å². The van der Waals surface area contributed by atoms with Crippen molar-refractivity contribution in [1.29, 1.82) is 0 Å². The van der Waals surface area contributed by atoms with E-state index in [0.717, 1.165) is 12.8 Å². The third-order valence-corrected chi connectivity index (χ3v) is 3.28. The van der Waals surface area contributed by atoms with Gasteiger partial charge in [-0.3, -0.25) is 4.79 Å². The van der Waals surface area contributed by atoms with Crippen LogP contribution in [0.1, 0.15) is 43.0 Å². The molecule has 1 amide bonds. The van der Waals surface area contributed by atoms with Gasteiger partial charge in [0.05, 0.1) is 0 Å². The van der Waals surface area contributed by atoms with E-state index in [4.69, 9.17) is 0 Å². The van der Waals surface area contributed by atoms with E-state index in [0.29, 0.717) is 30.4 Å². The van der Waals surface area contributed by atoms with Crippen LogP contribution < -0.4 is 10.2 Å². The molecule has 0 spiro atoms. The Labute approximate surface area is 111 Å². The molecule has 1 aliphatic heterocycles. The highest BCUT2D eigenvalue weighted by atomic mass is 16.3. The van der Waals surface area contributed by atoms with E-state index >= 15 is 0 Å². The van der Waals surface area contributed by atoms with Crippen molar-refractivity contribution in [2.45, 2.75) is 46.2 Å². The third-order valence-electron chi connectivity index (χ3n) is 3.28. The first-order chi connectivity index (χ1) is 9.13. The maximum atomic E-state index is 12.0. The van der Waals surface area contributed by atoms with Gasteiger partial charge in [0, 0.05) is 13.1 Å². The number of hydrogen-bond donors (Lipinski definition) is 3. The molecule has 19 heavy (non-hydrogen) atoms. The Morgan fingerprint density at radius 3 is 2.74 bits per heavy atom. The molecular formula is C12H20N4O3. The van der Waals surface area contributed by atoms with E-state index in [9.17, 15) is 15.0 Å². The van der Waals surface area contributed by atoms with Gasteiger partial charge in [-0.1, -0.05) is 13.3 Å².